The van der Waals surface area contributed by atoms with Crippen LogP contribution in [-0.4, -0.2) is 48.8 Å². The monoisotopic (exact) mass is 453 g/mol. The van der Waals surface area contributed by atoms with E-state index in [-0.39, 0.29) is 17.6 Å². The number of hydrogen-bond acceptors (Lipinski definition) is 6. The standard InChI is InChI=1S/C22H21ClFN7O/c1-30-9-28-14-4-3-11(18(23)17(14)22(30)32)12-7-27-21-20(12)26-8-16(29-21)31-10-2-5-15(31)19(24)13(25)6-10/h3-4,7-10,13,15,19H,2,5-6,25H2,1H3,(H,27,29)/t10-,13-,15-,19-/m0/s1. The van der Waals surface area contributed by atoms with Crippen molar-refractivity contribution in [1.29, 1.82) is 0 Å². The summed E-state index contributed by atoms with van der Waals surface area (Å²) in [7, 11) is 1.64. The molecular weight excluding hydrogens is 433 g/mol. The van der Waals surface area contributed by atoms with Crippen LogP contribution in [0.3, 0.4) is 0 Å². The Labute approximate surface area is 187 Å². The third-order valence-corrected chi connectivity index (χ3v) is 7.21. The first-order chi connectivity index (χ1) is 15.4. The fourth-order valence-electron chi connectivity index (χ4n) is 5.22. The lowest BCUT2D eigenvalue weighted by atomic mass is 9.96. The Balaban J connectivity index is 1.45. The Hall–Kier alpha value is -3.04. The number of rotatable bonds is 2. The number of piperidine rings is 1. The summed E-state index contributed by atoms with van der Waals surface area (Å²) in [5.41, 5.74) is 8.94. The molecule has 5 heterocycles. The number of H-pyrrole nitrogens is 1. The summed E-state index contributed by atoms with van der Waals surface area (Å²) in [4.78, 5) is 31.5. The van der Waals surface area contributed by atoms with Crippen LogP contribution in [0.15, 0.2) is 35.6 Å². The number of halogens is 2. The van der Waals surface area contributed by atoms with Gasteiger partial charge in [0.1, 0.15) is 17.5 Å². The number of fused-ring (bicyclic) bond motifs is 4. The summed E-state index contributed by atoms with van der Waals surface area (Å²) < 4.78 is 16.1. The van der Waals surface area contributed by atoms with E-state index in [0.717, 1.165) is 18.4 Å². The van der Waals surface area contributed by atoms with Gasteiger partial charge >= 0.3 is 0 Å². The summed E-state index contributed by atoms with van der Waals surface area (Å²) in [6, 6.07) is 3.10. The molecule has 8 nitrogen and oxygen atoms in total. The summed E-state index contributed by atoms with van der Waals surface area (Å²) in [5.74, 6) is 0.649. The van der Waals surface area contributed by atoms with Crippen molar-refractivity contribution in [3.63, 3.8) is 0 Å². The van der Waals surface area contributed by atoms with E-state index in [4.69, 9.17) is 22.3 Å². The molecule has 1 aromatic carbocycles. The number of nitrogens with zero attached hydrogens (tertiary/aromatic N) is 5. The molecule has 32 heavy (non-hydrogen) atoms. The molecular formula is C22H21ClFN7O. The van der Waals surface area contributed by atoms with Crippen LogP contribution in [0.4, 0.5) is 10.2 Å². The molecule has 2 fully saturated rings. The van der Waals surface area contributed by atoms with Crippen molar-refractivity contribution in [3.05, 3.63) is 46.2 Å². The second-order valence-corrected chi connectivity index (χ2v) is 9.04. The van der Waals surface area contributed by atoms with Crippen LogP contribution >= 0.6 is 11.6 Å². The van der Waals surface area contributed by atoms with Crippen LogP contribution in [0.1, 0.15) is 19.3 Å². The minimum atomic E-state index is -1.07. The lowest BCUT2D eigenvalue weighted by Gasteiger charge is -2.40. The SMILES string of the molecule is Cn1cnc2ccc(-c3c[nH]c4nc(N5[C@H]6CC[C@H]5[C@@H](F)[C@@H](N)C6)cnc34)c(Cl)c2c1=O. The number of benzene rings is 1. The minimum absolute atomic E-state index is 0.182. The van der Waals surface area contributed by atoms with Crippen molar-refractivity contribution in [1.82, 2.24) is 24.5 Å². The van der Waals surface area contributed by atoms with E-state index in [1.165, 1.54) is 10.9 Å². The second kappa shape index (κ2) is 6.98. The zero-order valence-corrected chi connectivity index (χ0v) is 18.1. The van der Waals surface area contributed by atoms with Crippen molar-refractivity contribution in [2.45, 2.75) is 43.6 Å². The zero-order valence-electron chi connectivity index (χ0n) is 17.3. The number of aromatic nitrogens is 5. The van der Waals surface area contributed by atoms with Gasteiger partial charge in [0, 0.05) is 36.5 Å². The van der Waals surface area contributed by atoms with Crippen LogP contribution in [0.5, 0.6) is 0 Å². The van der Waals surface area contributed by atoms with E-state index in [2.05, 4.69) is 15.0 Å². The first kappa shape index (κ1) is 19.6. The maximum atomic E-state index is 14.7. The van der Waals surface area contributed by atoms with Gasteiger partial charge in [0.15, 0.2) is 5.65 Å². The van der Waals surface area contributed by atoms with E-state index in [9.17, 15) is 9.18 Å². The summed E-state index contributed by atoms with van der Waals surface area (Å²) >= 11 is 6.66. The minimum Gasteiger partial charge on any atom is -0.346 e. The average molecular weight is 454 g/mol. The Morgan fingerprint density at radius 2 is 2.09 bits per heavy atom. The van der Waals surface area contributed by atoms with Crippen molar-refractivity contribution >= 4 is 39.5 Å². The van der Waals surface area contributed by atoms with E-state index in [1.54, 1.807) is 25.5 Å². The van der Waals surface area contributed by atoms with Gasteiger partial charge in [-0.15, -0.1) is 0 Å². The van der Waals surface area contributed by atoms with Crippen molar-refractivity contribution in [3.8, 4) is 11.1 Å². The molecule has 4 aromatic rings. The van der Waals surface area contributed by atoms with E-state index < -0.39 is 12.2 Å². The fourth-order valence-corrected chi connectivity index (χ4v) is 5.56. The third-order valence-electron chi connectivity index (χ3n) is 6.81. The van der Waals surface area contributed by atoms with Crippen molar-refractivity contribution in [2.75, 3.05) is 4.90 Å². The molecule has 0 amide bonds. The summed E-state index contributed by atoms with van der Waals surface area (Å²) in [6.07, 6.45) is 6.16. The predicted molar refractivity (Wildman–Crippen MR) is 122 cm³/mol. The molecule has 4 atom stereocenters. The van der Waals surface area contributed by atoms with E-state index >= 15 is 0 Å². The molecule has 0 radical (unpaired) electrons. The largest absolute Gasteiger partial charge is 0.346 e. The van der Waals surface area contributed by atoms with Gasteiger partial charge in [-0.05, 0) is 25.3 Å². The van der Waals surface area contributed by atoms with Gasteiger partial charge in [0.05, 0.1) is 34.5 Å². The van der Waals surface area contributed by atoms with Gasteiger partial charge in [-0.2, -0.15) is 0 Å². The maximum Gasteiger partial charge on any atom is 0.262 e. The number of anilines is 1. The van der Waals surface area contributed by atoms with Crippen LogP contribution < -0.4 is 16.2 Å². The number of aromatic amines is 1. The van der Waals surface area contributed by atoms with Crippen LogP contribution in [0.2, 0.25) is 5.02 Å². The smallest absolute Gasteiger partial charge is 0.262 e. The number of nitrogens with one attached hydrogen (secondary N) is 1. The molecule has 0 spiro atoms. The molecule has 0 unspecified atom stereocenters. The Bertz CT molecular complexity index is 1430. The van der Waals surface area contributed by atoms with Gasteiger partial charge < -0.3 is 20.2 Å². The number of aryl methyl sites for hydroxylation is 1. The highest BCUT2D eigenvalue weighted by atomic mass is 35.5. The number of hydrogen-bond donors (Lipinski definition) is 2. The van der Waals surface area contributed by atoms with Gasteiger partial charge in [-0.1, -0.05) is 17.7 Å². The lowest BCUT2D eigenvalue weighted by Crippen LogP contribution is -2.55. The molecule has 2 aliphatic rings. The molecule has 0 saturated carbocycles. The zero-order chi connectivity index (χ0) is 22.1. The topological polar surface area (TPSA) is 106 Å². The van der Waals surface area contributed by atoms with Gasteiger partial charge in [0.2, 0.25) is 0 Å². The Morgan fingerprint density at radius 1 is 1.25 bits per heavy atom. The van der Waals surface area contributed by atoms with Crippen molar-refractivity contribution in [2.24, 2.45) is 12.8 Å². The number of nitrogens with two attached hydrogens (primary N) is 1. The first-order valence-electron chi connectivity index (χ1n) is 10.6. The highest BCUT2D eigenvalue weighted by molar-refractivity contribution is 6.38. The van der Waals surface area contributed by atoms with Crippen LogP contribution in [0, 0.1) is 0 Å². The normalized spacial score (nSPS) is 25.2. The highest BCUT2D eigenvalue weighted by Crippen LogP contribution is 2.40. The van der Waals surface area contributed by atoms with Gasteiger partial charge in [-0.3, -0.25) is 4.79 Å². The third kappa shape index (κ3) is 2.70. The van der Waals surface area contributed by atoms with Gasteiger partial charge in [-0.25, -0.2) is 19.3 Å². The quantitative estimate of drug-likeness (QED) is 0.483. The number of alkyl halides is 1. The highest BCUT2D eigenvalue weighted by Gasteiger charge is 2.47. The Morgan fingerprint density at radius 3 is 2.94 bits per heavy atom. The maximum absolute atomic E-state index is 14.7. The molecule has 0 aliphatic carbocycles. The average Bonchev–Trinajstić information content (AvgIpc) is 3.36. The van der Waals surface area contributed by atoms with Crippen LogP contribution in [-0.2, 0) is 7.05 Å². The lowest BCUT2D eigenvalue weighted by molar-refractivity contribution is 0.203. The molecule has 2 aliphatic heterocycles. The van der Waals surface area contributed by atoms with Crippen LogP contribution in [0.25, 0.3) is 33.2 Å². The molecule has 10 heteroatoms. The molecule has 2 bridgehead atoms. The second-order valence-electron chi connectivity index (χ2n) is 8.66. The Kier molecular flexibility index (Phi) is 4.28. The molecule has 3 N–H and O–H groups in total. The summed E-state index contributed by atoms with van der Waals surface area (Å²) in [5, 5.41) is 0.689. The van der Waals surface area contributed by atoms with E-state index in [0.29, 0.717) is 44.9 Å². The molecule has 6 rings (SSSR count). The molecule has 2 saturated heterocycles. The summed E-state index contributed by atoms with van der Waals surface area (Å²) in [6.45, 7) is 0. The molecule has 164 valence electrons. The van der Waals surface area contributed by atoms with Crippen molar-refractivity contribution < 1.29 is 4.39 Å². The predicted octanol–water partition coefficient (Wildman–Crippen LogP) is 2.93. The van der Waals surface area contributed by atoms with E-state index in [1.807, 2.05) is 11.0 Å². The first-order valence-corrected chi connectivity index (χ1v) is 11.0. The van der Waals surface area contributed by atoms with Gasteiger partial charge in [0.25, 0.3) is 5.56 Å². The fraction of sp³-hybridized carbons (Fsp3) is 0.364. The molecule has 3 aromatic heterocycles.